The Balaban J connectivity index is 2.95. The lowest BCUT2D eigenvalue weighted by molar-refractivity contribution is 0.0944. The third-order valence-corrected chi connectivity index (χ3v) is 2.56. The molecule has 1 aromatic rings. The van der Waals surface area contributed by atoms with E-state index in [4.69, 9.17) is 12.2 Å². The summed E-state index contributed by atoms with van der Waals surface area (Å²) in [5.74, 6) is 1.52. The van der Waals surface area contributed by atoms with Crippen molar-refractivity contribution in [2.45, 2.75) is 26.3 Å². The number of hydrogen-bond donors (Lipinski definition) is 2. The first-order valence-electron chi connectivity index (χ1n) is 5.32. The van der Waals surface area contributed by atoms with E-state index in [1.54, 1.807) is 6.92 Å². The molecule has 0 aliphatic carbocycles. The molecule has 1 rings (SSSR count). The minimum atomic E-state index is -0.496. The molecule has 0 saturated carbocycles. The first-order valence-corrected chi connectivity index (χ1v) is 5.32. The molecule has 3 nitrogen and oxygen atoms in total. The highest BCUT2D eigenvalue weighted by Crippen LogP contribution is 2.17. The smallest absolute Gasteiger partial charge is 0.252 e. The van der Waals surface area contributed by atoms with E-state index >= 15 is 0 Å². The molecular weight excluding hydrogens is 219 g/mol. The molecule has 1 aromatic carbocycles. The lowest BCUT2D eigenvalue weighted by atomic mass is 10.1. The second-order valence-electron chi connectivity index (χ2n) is 3.77. The largest absolute Gasteiger partial charge is 0.398 e. The van der Waals surface area contributed by atoms with Crippen molar-refractivity contribution in [1.82, 2.24) is 5.32 Å². The Hall–Kier alpha value is -2.02. The van der Waals surface area contributed by atoms with Crippen molar-refractivity contribution < 1.29 is 9.18 Å². The second-order valence-corrected chi connectivity index (χ2v) is 3.77. The van der Waals surface area contributed by atoms with Crippen molar-refractivity contribution in [1.29, 1.82) is 0 Å². The zero-order valence-electron chi connectivity index (χ0n) is 9.88. The zero-order chi connectivity index (χ0) is 13.0. The molecule has 0 bridgehead atoms. The Labute approximate surface area is 100 Å². The SMILES string of the molecule is C#CC(CC)NC(=O)c1cc(N)c(C)c(F)c1. The normalized spacial score (nSPS) is 11.6. The van der Waals surface area contributed by atoms with Crippen LogP contribution in [0.4, 0.5) is 10.1 Å². The Morgan fingerprint density at radius 2 is 2.29 bits per heavy atom. The molecule has 0 heterocycles. The Morgan fingerprint density at radius 3 is 2.76 bits per heavy atom. The molecule has 0 radical (unpaired) electrons. The van der Waals surface area contributed by atoms with Gasteiger partial charge in [0.2, 0.25) is 0 Å². The van der Waals surface area contributed by atoms with Crippen molar-refractivity contribution >= 4 is 11.6 Å². The van der Waals surface area contributed by atoms with Crippen LogP contribution < -0.4 is 11.1 Å². The molecule has 0 fully saturated rings. The molecule has 3 N–H and O–H groups in total. The fraction of sp³-hybridized carbons (Fsp3) is 0.308. The van der Waals surface area contributed by atoms with E-state index in [1.165, 1.54) is 6.07 Å². The number of amides is 1. The summed E-state index contributed by atoms with van der Waals surface area (Å²) >= 11 is 0. The first kappa shape index (κ1) is 13.0. The summed E-state index contributed by atoms with van der Waals surface area (Å²) in [5.41, 5.74) is 6.37. The molecule has 0 aliphatic heterocycles. The fourth-order valence-electron chi connectivity index (χ4n) is 1.33. The van der Waals surface area contributed by atoms with Crippen LogP contribution in [0.3, 0.4) is 0 Å². The minimum absolute atomic E-state index is 0.180. The predicted molar refractivity (Wildman–Crippen MR) is 65.9 cm³/mol. The summed E-state index contributed by atoms with van der Waals surface area (Å²) in [4.78, 5) is 11.8. The highest BCUT2D eigenvalue weighted by molar-refractivity contribution is 5.95. The third kappa shape index (κ3) is 2.97. The number of nitrogens with two attached hydrogens (primary N) is 1. The molecule has 0 aliphatic rings. The van der Waals surface area contributed by atoms with Gasteiger partial charge in [-0.3, -0.25) is 4.79 Å². The van der Waals surface area contributed by atoms with Crippen LogP contribution in [-0.4, -0.2) is 11.9 Å². The number of anilines is 1. The molecule has 1 unspecified atom stereocenters. The van der Waals surface area contributed by atoms with Gasteiger partial charge in [0.25, 0.3) is 5.91 Å². The molecule has 4 heteroatoms. The number of nitrogens with one attached hydrogen (secondary N) is 1. The van der Waals surface area contributed by atoms with Gasteiger partial charge >= 0.3 is 0 Å². The van der Waals surface area contributed by atoms with E-state index < -0.39 is 11.7 Å². The zero-order valence-corrected chi connectivity index (χ0v) is 9.88. The van der Waals surface area contributed by atoms with Crippen LogP contribution in [0.25, 0.3) is 0 Å². The van der Waals surface area contributed by atoms with E-state index in [0.717, 1.165) is 6.07 Å². The van der Waals surface area contributed by atoms with E-state index in [-0.39, 0.29) is 17.3 Å². The van der Waals surface area contributed by atoms with Crippen molar-refractivity contribution in [3.8, 4) is 12.3 Å². The summed E-state index contributed by atoms with van der Waals surface area (Å²) in [6.45, 7) is 3.41. The number of halogens is 1. The number of rotatable bonds is 3. The van der Waals surface area contributed by atoms with E-state index in [9.17, 15) is 9.18 Å². The second kappa shape index (κ2) is 5.35. The molecule has 0 spiro atoms. The van der Waals surface area contributed by atoms with E-state index in [2.05, 4.69) is 11.2 Å². The van der Waals surface area contributed by atoms with Crippen molar-refractivity contribution in [3.05, 3.63) is 29.1 Å². The topological polar surface area (TPSA) is 55.1 Å². The van der Waals surface area contributed by atoms with Gasteiger partial charge in [-0.1, -0.05) is 12.8 Å². The van der Waals surface area contributed by atoms with Gasteiger partial charge in [-0.2, -0.15) is 0 Å². The lowest BCUT2D eigenvalue weighted by Gasteiger charge is -2.12. The summed E-state index contributed by atoms with van der Waals surface area (Å²) < 4.78 is 13.4. The molecular formula is C13H15FN2O. The third-order valence-electron chi connectivity index (χ3n) is 2.56. The van der Waals surface area contributed by atoms with Crippen LogP contribution in [0.5, 0.6) is 0 Å². The number of carbonyl (C=O) groups excluding carboxylic acids is 1. The van der Waals surface area contributed by atoms with Crippen LogP contribution in [0.15, 0.2) is 12.1 Å². The van der Waals surface area contributed by atoms with Crippen LogP contribution in [0.2, 0.25) is 0 Å². The van der Waals surface area contributed by atoms with Crippen molar-refractivity contribution in [2.24, 2.45) is 0 Å². The average molecular weight is 234 g/mol. The maximum atomic E-state index is 13.4. The quantitative estimate of drug-likeness (QED) is 0.619. The number of carbonyl (C=O) groups is 1. The standard InChI is InChI=1S/C13H15FN2O/c1-4-10(5-2)16-13(17)9-6-11(14)8(3)12(15)7-9/h1,6-7,10H,5,15H2,2-3H3,(H,16,17). The molecule has 1 amide bonds. The van der Waals surface area contributed by atoms with Crippen LogP contribution in [0, 0.1) is 25.1 Å². The van der Waals surface area contributed by atoms with Gasteiger partial charge in [0.05, 0.1) is 6.04 Å². The number of benzene rings is 1. The maximum Gasteiger partial charge on any atom is 0.252 e. The summed E-state index contributed by atoms with van der Waals surface area (Å²) in [6.07, 6.45) is 5.85. The van der Waals surface area contributed by atoms with Gasteiger partial charge in [0.1, 0.15) is 5.82 Å². The Morgan fingerprint density at radius 1 is 1.65 bits per heavy atom. The van der Waals surface area contributed by atoms with Gasteiger partial charge < -0.3 is 11.1 Å². The summed E-state index contributed by atoms with van der Waals surface area (Å²) in [7, 11) is 0. The van der Waals surface area contributed by atoms with E-state index in [0.29, 0.717) is 12.0 Å². The van der Waals surface area contributed by atoms with Crippen LogP contribution in [0.1, 0.15) is 29.3 Å². The number of nitrogen functional groups attached to an aromatic ring is 1. The highest BCUT2D eigenvalue weighted by Gasteiger charge is 2.13. The maximum absolute atomic E-state index is 13.4. The average Bonchev–Trinajstić information content (AvgIpc) is 2.31. The fourth-order valence-corrected chi connectivity index (χ4v) is 1.33. The van der Waals surface area contributed by atoms with Gasteiger partial charge in [0, 0.05) is 16.8 Å². The Bertz CT molecular complexity index is 454. The molecule has 0 saturated heterocycles. The van der Waals surface area contributed by atoms with Crippen molar-refractivity contribution in [2.75, 3.05) is 5.73 Å². The molecule has 1 atom stereocenters. The highest BCUT2D eigenvalue weighted by atomic mass is 19.1. The lowest BCUT2D eigenvalue weighted by Crippen LogP contribution is -2.33. The molecule has 17 heavy (non-hydrogen) atoms. The van der Waals surface area contributed by atoms with Crippen molar-refractivity contribution in [3.63, 3.8) is 0 Å². The van der Waals surface area contributed by atoms with Gasteiger partial charge in [-0.25, -0.2) is 4.39 Å². The van der Waals surface area contributed by atoms with Crippen LogP contribution in [-0.2, 0) is 0 Å². The number of hydrogen-bond acceptors (Lipinski definition) is 2. The monoisotopic (exact) mass is 234 g/mol. The molecule has 0 aromatic heterocycles. The Kier molecular flexibility index (Phi) is 4.11. The summed E-state index contributed by atoms with van der Waals surface area (Å²) in [6, 6.07) is 2.24. The van der Waals surface area contributed by atoms with Gasteiger partial charge in [-0.15, -0.1) is 6.42 Å². The van der Waals surface area contributed by atoms with Gasteiger partial charge in [-0.05, 0) is 25.5 Å². The predicted octanol–water partition coefficient (Wildman–Crippen LogP) is 1.86. The van der Waals surface area contributed by atoms with Gasteiger partial charge in [0.15, 0.2) is 0 Å². The van der Waals surface area contributed by atoms with Crippen LogP contribution >= 0.6 is 0 Å². The number of terminal acetylenes is 1. The molecule has 90 valence electrons. The van der Waals surface area contributed by atoms with E-state index in [1.807, 2.05) is 6.92 Å². The summed E-state index contributed by atoms with van der Waals surface area (Å²) in [5, 5.41) is 2.61. The first-order chi connectivity index (χ1) is 7.99. The minimum Gasteiger partial charge on any atom is -0.398 e.